The Hall–Kier alpha value is -1.21. The van der Waals surface area contributed by atoms with Crippen molar-refractivity contribution in [1.82, 2.24) is 14.8 Å². The lowest BCUT2D eigenvalue weighted by molar-refractivity contribution is 0.335. The molecule has 0 spiro atoms. The first-order chi connectivity index (χ1) is 9.69. The maximum atomic E-state index is 12.8. The topological polar surface area (TPSA) is 62.3 Å². The highest BCUT2D eigenvalue weighted by Gasteiger charge is 2.28. The summed E-state index contributed by atoms with van der Waals surface area (Å²) in [5.41, 5.74) is 2.99. The van der Waals surface area contributed by atoms with Gasteiger partial charge in [0.1, 0.15) is 0 Å². The molecule has 1 N–H and O–H groups in total. The summed E-state index contributed by atoms with van der Waals surface area (Å²) in [7, 11) is -3.60. The highest BCUT2D eigenvalue weighted by atomic mass is 35.5. The van der Waals surface area contributed by atoms with Crippen LogP contribution in [0, 0.1) is 0 Å². The normalized spacial score (nSPS) is 17.1. The number of benzene rings is 1. The molecule has 1 aromatic carbocycles. The number of hydrogen-bond acceptors (Lipinski definition) is 4. The number of fused-ring (bicyclic) bond motifs is 1. The van der Waals surface area contributed by atoms with Crippen LogP contribution < -0.4 is 5.43 Å². The van der Waals surface area contributed by atoms with E-state index in [4.69, 9.17) is 0 Å². The van der Waals surface area contributed by atoms with E-state index in [0.29, 0.717) is 18.5 Å². The zero-order valence-corrected chi connectivity index (χ0v) is 13.2. The molecule has 0 aliphatic carbocycles. The van der Waals surface area contributed by atoms with E-state index in [1.165, 1.54) is 4.41 Å². The Balaban J connectivity index is 0.00000161. The zero-order valence-electron chi connectivity index (χ0n) is 11.5. The number of rotatable bonds is 2. The molecule has 1 aliphatic heterocycles. The fraction of sp³-hybridized carbons (Fsp3) is 0.357. The minimum absolute atomic E-state index is 0. The number of aromatic nitrogens is 1. The first-order valence-electron chi connectivity index (χ1n) is 6.79. The Bertz CT molecular complexity index is 708. The Morgan fingerprint density at radius 1 is 1.10 bits per heavy atom. The van der Waals surface area contributed by atoms with Gasteiger partial charge in [-0.3, -0.25) is 0 Å². The molecule has 2 heterocycles. The molecular formula is C14H18ClN3O2S. The maximum absolute atomic E-state index is 12.8. The number of hydrogen-bond donors (Lipinski definition) is 1. The predicted octanol–water partition coefficient (Wildman–Crippen LogP) is 2.34. The van der Waals surface area contributed by atoms with Gasteiger partial charge in [-0.1, -0.05) is 30.7 Å². The first kappa shape index (κ1) is 16.2. The van der Waals surface area contributed by atoms with Gasteiger partial charge in [-0.05, 0) is 24.3 Å². The second-order valence-electron chi connectivity index (χ2n) is 4.88. The average molecular weight is 328 g/mol. The van der Waals surface area contributed by atoms with Crippen LogP contribution in [0.25, 0.3) is 10.8 Å². The smallest absolute Gasteiger partial charge is 0.243 e. The van der Waals surface area contributed by atoms with E-state index >= 15 is 0 Å². The molecule has 0 amide bonds. The van der Waals surface area contributed by atoms with Gasteiger partial charge in [0.05, 0.1) is 0 Å². The molecule has 2 aromatic rings. The van der Waals surface area contributed by atoms with Crippen LogP contribution >= 0.6 is 12.4 Å². The summed E-state index contributed by atoms with van der Waals surface area (Å²) in [6.45, 7) is 1.18. The molecule has 0 saturated carbocycles. The third-order valence-corrected chi connectivity index (χ3v) is 5.20. The van der Waals surface area contributed by atoms with Crippen LogP contribution in [0.5, 0.6) is 0 Å². The Morgan fingerprint density at radius 2 is 1.90 bits per heavy atom. The number of pyridine rings is 1. The molecule has 0 atom stereocenters. The summed E-state index contributed by atoms with van der Waals surface area (Å²) in [6.07, 6.45) is 4.46. The molecular weight excluding hydrogens is 310 g/mol. The fourth-order valence-electron chi connectivity index (χ4n) is 2.45. The van der Waals surface area contributed by atoms with Crippen molar-refractivity contribution in [3.8, 4) is 0 Å². The van der Waals surface area contributed by atoms with Gasteiger partial charge >= 0.3 is 0 Å². The second-order valence-corrected chi connectivity index (χ2v) is 6.66. The number of nitrogens with one attached hydrogen (secondary N) is 1. The van der Waals surface area contributed by atoms with Crippen molar-refractivity contribution in [2.24, 2.45) is 0 Å². The van der Waals surface area contributed by atoms with Gasteiger partial charge in [0.15, 0.2) is 5.03 Å². The van der Waals surface area contributed by atoms with Crippen molar-refractivity contribution in [3.05, 3.63) is 36.5 Å². The number of hydrazine groups is 1. The molecule has 7 heteroatoms. The van der Waals surface area contributed by atoms with Gasteiger partial charge < -0.3 is 0 Å². The highest BCUT2D eigenvalue weighted by molar-refractivity contribution is 7.89. The van der Waals surface area contributed by atoms with Crippen molar-refractivity contribution in [2.45, 2.75) is 24.3 Å². The van der Waals surface area contributed by atoms with Gasteiger partial charge in [-0.25, -0.2) is 18.8 Å². The van der Waals surface area contributed by atoms with E-state index in [1.807, 2.05) is 24.3 Å². The van der Waals surface area contributed by atoms with Gasteiger partial charge in [-0.15, -0.1) is 16.8 Å². The molecule has 5 nitrogen and oxygen atoms in total. The van der Waals surface area contributed by atoms with Crippen LogP contribution in [0.4, 0.5) is 0 Å². The molecule has 0 unspecified atom stereocenters. The number of nitrogens with zero attached hydrogens (tertiary/aromatic N) is 2. The molecule has 114 valence electrons. The number of sulfonamides is 1. The molecule has 1 aliphatic rings. The van der Waals surface area contributed by atoms with Crippen molar-refractivity contribution >= 4 is 33.2 Å². The summed E-state index contributed by atoms with van der Waals surface area (Å²) in [6, 6.07) is 9.24. The van der Waals surface area contributed by atoms with E-state index in [9.17, 15) is 8.42 Å². The standard InChI is InChI=1S/C14H17N3O2S.ClH/c18-20(19,17-11-5-1-4-9-16-17)14-13-7-3-2-6-12(13)8-10-15-14;/h2-3,6-8,10,16H,1,4-5,9,11H2;1H. The van der Waals surface area contributed by atoms with Gasteiger partial charge in [0.2, 0.25) is 0 Å². The Morgan fingerprint density at radius 3 is 2.76 bits per heavy atom. The monoisotopic (exact) mass is 327 g/mol. The molecule has 21 heavy (non-hydrogen) atoms. The molecule has 1 fully saturated rings. The average Bonchev–Trinajstić information content (AvgIpc) is 2.76. The van der Waals surface area contributed by atoms with E-state index < -0.39 is 10.0 Å². The molecule has 0 radical (unpaired) electrons. The molecule has 1 saturated heterocycles. The van der Waals surface area contributed by atoms with Crippen molar-refractivity contribution in [2.75, 3.05) is 13.1 Å². The third kappa shape index (κ3) is 3.18. The summed E-state index contributed by atoms with van der Waals surface area (Å²) in [4.78, 5) is 4.11. The lowest BCUT2D eigenvalue weighted by atomic mass is 10.2. The van der Waals surface area contributed by atoms with Crippen LogP contribution in [0.2, 0.25) is 0 Å². The largest absolute Gasteiger partial charge is 0.273 e. The van der Waals surface area contributed by atoms with Crippen molar-refractivity contribution < 1.29 is 8.42 Å². The predicted molar refractivity (Wildman–Crippen MR) is 84.7 cm³/mol. The van der Waals surface area contributed by atoms with Crippen LogP contribution in [0.15, 0.2) is 41.6 Å². The minimum atomic E-state index is -3.60. The summed E-state index contributed by atoms with van der Waals surface area (Å²) >= 11 is 0. The lowest BCUT2D eigenvalue weighted by Crippen LogP contribution is -2.42. The van der Waals surface area contributed by atoms with E-state index in [0.717, 1.165) is 24.6 Å². The molecule has 3 rings (SSSR count). The first-order valence-corrected chi connectivity index (χ1v) is 8.23. The lowest BCUT2D eigenvalue weighted by Gasteiger charge is -2.20. The Labute approximate surface area is 130 Å². The van der Waals surface area contributed by atoms with Crippen molar-refractivity contribution in [1.29, 1.82) is 0 Å². The summed E-state index contributed by atoms with van der Waals surface area (Å²) in [5.74, 6) is 0. The van der Waals surface area contributed by atoms with Crippen LogP contribution in [-0.2, 0) is 10.0 Å². The van der Waals surface area contributed by atoms with E-state index in [-0.39, 0.29) is 17.4 Å². The summed E-state index contributed by atoms with van der Waals surface area (Å²) < 4.78 is 26.9. The van der Waals surface area contributed by atoms with Crippen molar-refractivity contribution in [3.63, 3.8) is 0 Å². The summed E-state index contributed by atoms with van der Waals surface area (Å²) in [5, 5.41) is 1.68. The molecule has 1 aromatic heterocycles. The van der Waals surface area contributed by atoms with Crippen LogP contribution in [0.3, 0.4) is 0 Å². The zero-order chi connectivity index (χ0) is 14.0. The van der Waals surface area contributed by atoms with Gasteiger partial charge in [0, 0.05) is 24.7 Å². The van der Waals surface area contributed by atoms with Gasteiger partial charge in [-0.2, -0.15) is 0 Å². The van der Waals surface area contributed by atoms with Crippen LogP contribution in [-0.4, -0.2) is 30.9 Å². The highest BCUT2D eigenvalue weighted by Crippen LogP contribution is 2.23. The quantitative estimate of drug-likeness (QED) is 0.919. The molecule has 0 bridgehead atoms. The van der Waals surface area contributed by atoms with Crippen LogP contribution in [0.1, 0.15) is 19.3 Å². The van der Waals surface area contributed by atoms with Gasteiger partial charge in [0.25, 0.3) is 10.0 Å². The number of halogens is 1. The SMILES string of the molecule is Cl.O=S(=O)(c1nccc2ccccc12)N1CCCCCN1. The van der Waals surface area contributed by atoms with E-state index in [2.05, 4.69) is 10.4 Å². The maximum Gasteiger partial charge on any atom is 0.273 e. The van der Waals surface area contributed by atoms with E-state index in [1.54, 1.807) is 12.3 Å². The fourth-order valence-corrected chi connectivity index (χ4v) is 3.94. The second kappa shape index (κ2) is 6.70. The Kier molecular flexibility index (Phi) is 5.16. The minimum Gasteiger partial charge on any atom is -0.243 e. The third-order valence-electron chi connectivity index (χ3n) is 3.50.